The van der Waals surface area contributed by atoms with Crippen LogP contribution in [0.3, 0.4) is 0 Å². The molecule has 0 radical (unpaired) electrons. The molecule has 0 aliphatic carbocycles. The Kier molecular flexibility index (Phi) is 20.2. The molecular formula is C12H34BF4P. The third-order valence-electron chi connectivity index (χ3n) is 2.01. The van der Waals surface area contributed by atoms with Crippen molar-refractivity contribution in [1.82, 2.24) is 0 Å². The minimum absolute atomic E-state index is 0. The Morgan fingerprint density at radius 3 is 0.556 bits per heavy atom. The van der Waals surface area contributed by atoms with Gasteiger partial charge in [0.05, 0.1) is 8.41 Å². The second kappa shape index (κ2) is 10.1. The summed E-state index contributed by atoms with van der Waals surface area (Å²) in [5.41, 5.74) is 0. The van der Waals surface area contributed by atoms with Crippen molar-refractivity contribution in [2.24, 2.45) is 0 Å². The molecule has 6 heteroatoms. The van der Waals surface area contributed by atoms with Gasteiger partial charge in [0.25, 0.3) is 0 Å². The zero-order chi connectivity index (χ0) is 11.1. The lowest BCUT2D eigenvalue weighted by Crippen LogP contribution is -2.34. The fourth-order valence-corrected chi connectivity index (χ4v) is 9.06. The van der Waals surface area contributed by atoms with E-state index in [4.69, 9.17) is 0 Å². The molecule has 0 aliphatic rings. The Morgan fingerprint density at radius 1 is 0.444 bits per heavy atom. The summed E-state index contributed by atoms with van der Waals surface area (Å²) < 4.78 is 0. The van der Waals surface area contributed by atoms with Gasteiger partial charge >= 0.3 is 0 Å². The van der Waals surface area contributed by atoms with Gasteiger partial charge in [0.15, 0.2) is 0 Å². The number of hydrogen-bond donors (Lipinski definition) is 0. The largest absolute Gasteiger partial charge is 0.269 e. The molecule has 0 saturated heterocycles. The molecule has 0 aromatic carbocycles. The highest BCUT2D eigenvalue weighted by Gasteiger charge is 2.41. The highest BCUT2D eigenvalue weighted by molar-refractivity contribution is 7.62. The van der Waals surface area contributed by atoms with Crippen LogP contribution < -0.4 is 0 Å². The molecule has 0 amide bonds. The van der Waals surface area contributed by atoms with Crippen molar-refractivity contribution in [3.05, 3.63) is 0 Å². The minimum atomic E-state index is 0. The molecule has 0 N–H and O–H groups in total. The van der Waals surface area contributed by atoms with Crippen molar-refractivity contribution in [2.45, 2.75) is 77.8 Å². The maximum absolute atomic E-state index is 2.38. The normalized spacial score (nSPS) is 11.0. The average Bonchev–Trinajstić information content (AvgIpc) is 1.44. The molecular weight excluding hydrogens is 262 g/mol. The Balaban J connectivity index is -0.0000000720. The standard InChI is InChI=1S/C12H27P.BH3.4FH/c1-10(2,3)13(11(4,5)6)12(7,8)9;;;;;/h1-9H3;1H3;4*1H. The second-order valence-electron chi connectivity index (χ2n) is 6.85. The highest BCUT2D eigenvalue weighted by Crippen LogP contribution is 2.66. The van der Waals surface area contributed by atoms with Crippen LogP contribution in [0.4, 0.5) is 18.8 Å². The predicted molar refractivity (Wildman–Crippen MR) is 86.1 cm³/mol. The van der Waals surface area contributed by atoms with Crippen molar-refractivity contribution >= 4 is 16.3 Å². The number of hydrogen-bond acceptors (Lipinski definition) is 0. The zero-order valence-corrected chi connectivity index (χ0v) is 13.5. The van der Waals surface area contributed by atoms with E-state index in [-0.39, 0.29) is 35.2 Å². The molecule has 0 bridgehead atoms. The van der Waals surface area contributed by atoms with Crippen LogP contribution in [-0.4, -0.2) is 23.9 Å². The van der Waals surface area contributed by atoms with E-state index >= 15 is 0 Å². The van der Waals surface area contributed by atoms with Crippen LogP contribution in [0.15, 0.2) is 0 Å². The molecule has 0 unspecified atom stereocenters. The molecule has 0 heterocycles. The minimum Gasteiger partial charge on any atom is -0.269 e. The summed E-state index contributed by atoms with van der Waals surface area (Å²) in [6.45, 7) is 21.5. The van der Waals surface area contributed by atoms with E-state index in [1.807, 2.05) is 0 Å². The van der Waals surface area contributed by atoms with Crippen molar-refractivity contribution in [2.75, 3.05) is 0 Å². The summed E-state index contributed by atoms with van der Waals surface area (Å²) in [6, 6.07) is 0. The summed E-state index contributed by atoms with van der Waals surface area (Å²) >= 11 is 0. The monoisotopic (exact) mass is 296 g/mol. The fourth-order valence-electron chi connectivity index (χ4n) is 3.02. The van der Waals surface area contributed by atoms with E-state index in [1.54, 1.807) is 0 Å². The third-order valence-corrected chi connectivity index (χ3v) is 6.04. The van der Waals surface area contributed by atoms with Gasteiger partial charge in [-0.15, -0.1) is 0 Å². The summed E-state index contributed by atoms with van der Waals surface area (Å²) in [7, 11) is 0.0162. The summed E-state index contributed by atoms with van der Waals surface area (Å²) in [4.78, 5) is 0. The molecule has 0 fully saturated rings. The molecule has 0 saturated carbocycles. The van der Waals surface area contributed by atoms with Gasteiger partial charge in [-0.3, -0.25) is 18.8 Å². The number of halogens is 4. The van der Waals surface area contributed by atoms with E-state index in [9.17, 15) is 0 Å². The first-order chi connectivity index (χ1) is 5.37. The van der Waals surface area contributed by atoms with Gasteiger partial charge in [-0.25, -0.2) is 0 Å². The first kappa shape index (κ1) is 36.2. The van der Waals surface area contributed by atoms with Gasteiger partial charge in [-0.2, -0.15) is 0 Å². The van der Waals surface area contributed by atoms with Crippen LogP contribution in [0.5, 0.6) is 0 Å². The van der Waals surface area contributed by atoms with Gasteiger partial charge < -0.3 is 0 Å². The quantitative estimate of drug-likeness (QED) is 0.355. The maximum atomic E-state index is 2.38. The fraction of sp³-hybridized carbons (Fsp3) is 1.00. The Hall–Kier alpha value is 0.215. The molecule has 0 rings (SSSR count). The lowest BCUT2D eigenvalue weighted by atomic mass is 10.2. The predicted octanol–water partition coefficient (Wildman–Crippen LogP) is 4.29. The Labute approximate surface area is 113 Å². The van der Waals surface area contributed by atoms with Gasteiger partial charge in [-0.1, -0.05) is 70.2 Å². The van der Waals surface area contributed by atoms with E-state index in [2.05, 4.69) is 62.3 Å². The van der Waals surface area contributed by atoms with E-state index in [0.717, 1.165) is 0 Å². The van der Waals surface area contributed by atoms with Crippen LogP contribution in [0.25, 0.3) is 0 Å². The van der Waals surface area contributed by atoms with Crippen LogP contribution in [-0.2, 0) is 0 Å². The average molecular weight is 296 g/mol. The summed E-state index contributed by atoms with van der Waals surface area (Å²) in [5, 5.41) is 1.35. The van der Waals surface area contributed by atoms with Gasteiger partial charge in [0.2, 0.25) is 0 Å². The van der Waals surface area contributed by atoms with E-state index in [0.29, 0.717) is 15.5 Å². The van der Waals surface area contributed by atoms with Gasteiger partial charge in [0.1, 0.15) is 0 Å². The van der Waals surface area contributed by atoms with Crippen LogP contribution in [0.2, 0.25) is 0 Å². The maximum Gasteiger partial charge on any atom is 0.0814 e. The van der Waals surface area contributed by atoms with Crippen molar-refractivity contribution in [1.29, 1.82) is 0 Å². The SMILES string of the molecule is B.CC(C)(C)P(C(C)(C)C)C(C)(C)C.F.F.F.F. The number of rotatable bonds is 0. The summed E-state index contributed by atoms with van der Waals surface area (Å²) in [5.74, 6) is 0. The highest BCUT2D eigenvalue weighted by atomic mass is 31.1. The lowest BCUT2D eigenvalue weighted by molar-refractivity contribution is 0.644. The van der Waals surface area contributed by atoms with Crippen LogP contribution in [0, 0.1) is 0 Å². The Morgan fingerprint density at radius 2 is 0.556 bits per heavy atom. The summed E-state index contributed by atoms with van der Waals surface area (Å²) in [6.07, 6.45) is 0. The molecule has 0 atom stereocenters. The van der Waals surface area contributed by atoms with Crippen molar-refractivity contribution < 1.29 is 18.8 Å². The topological polar surface area (TPSA) is 0 Å². The van der Waals surface area contributed by atoms with E-state index < -0.39 is 0 Å². The van der Waals surface area contributed by atoms with Gasteiger partial charge in [0, 0.05) is 0 Å². The van der Waals surface area contributed by atoms with Crippen LogP contribution >= 0.6 is 7.92 Å². The molecule has 118 valence electrons. The van der Waals surface area contributed by atoms with Crippen molar-refractivity contribution in [3.63, 3.8) is 0 Å². The molecule has 0 aliphatic heterocycles. The van der Waals surface area contributed by atoms with Crippen LogP contribution in [0.1, 0.15) is 62.3 Å². The van der Waals surface area contributed by atoms with Crippen molar-refractivity contribution in [3.8, 4) is 0 Å². The smallest absolute Gasteiger partial charge is 0.0814 e. The molecule has 0 aromatic rings. The first-order valence-corrected chi connectivity index (χ1v) is 6.51. The third kappa shape index (κ3) is 11.3. The first-order valence-electron chi connectivity index (χ1n) is 5.17. The molecule has 0 nitrogen and oxygen atoms in total. The lowest BCUT2D eigenvalue weighted by Gasteiger charge is -2.49. The molecule has 18 heavy (non-hydrogen) atoms. The zero-order valence-electron chi connectivity index (χ0n) is 12.6. The van der Waals surface area contributed by atoms with E-state index in [1.165, 1.54) is 0 Å². The second-order valence-corrected chi connectivity index (χ2v) is 11.5. The van der Waals surface area contributed by atoms with Gasteiger partial charge in [-0.05, 0) is 15.5 Å². The molecule has 0 spiro atoms. The molecule has 0 aromatic heterocycles. The Bertz CT molecular complexity index is 147.